The average molecular weight is 399 g/mol. The predicted octanol–water partition coefficient (Wildman–Crippen LogP) is 2.26. The summed E-state index contributed by atoms with van der Waals surface area (Å²) >= 11 is 1.44. The van der Waals surface area contributed by atoms with Gasteiger partial charge in [0.1, 0.15) is 6.33 Å². The van der Waals surface area contributed by atoms with Crippen molar-refractivity contribution in [3.8, 4) is 0 Å². The molecule has 1 aliphatic heterocycles. The number of nitrogens with one attached hydrogen (secondary N) is 1. The van der Waals surface area contributed by atoms with E-state index in [0.29, 0.717) is 17.0 Å². The maximum Gasteiger partial charge on any atom is 0.338 e. The molecule has 2 aromatic rings. The molecule has 2 aliphatic rings. The molecule has 2 amide bonds. The number of benzene rings is 1. The van der Waals surface area contributed by atoms with Gasteiger partial charge in [-0.1, -0.05) is 42.1 Å². The van der Waals surface area contributed by atoms with Crippen molar-refractivity contribution in [3.63, 3.8) is 0 Å². The van der Waals surface area contributed by atoms with Gasteiger partial charge in [-0.05, 0) is 18.4 Å². The summed E-state index contributed by atoms with van der Waals surface area (Å²) in [5, 5.41) is 11.7. The van der Waals surface area contributed by atoms with Crippen LogP contribution in [0.15, 0.2) is 53.1 Å². The molecule has 1 fully saturated rings. The molecule has 1 aromatic carbocycles. The summed E-state index contributed by atoms with van der Waals surface area (Å²) in [6.07, 6.45) is 3.48. The summed E-state index contributed by atoms with van der Waals surface area (Å²) in [5.41, 5.74) is 1.99. The Bertz CT molecular complexity index is 923. The average Bonchev–Trinajstić information content (AvgIpc) is 3.47. The van der Waals surface area contributed by atoms with Crippen LogP contribution in [0.2, 0.25) is 0 Å². The molecule has 1 aliphatic carbocycles. The third-order valence-corrected chi connectivity index (χ3v) is 5.88. The number of carbonyl (C=O) groups is 2. The normalized spacial score (nSPS) is 19.6. The Kier molecular flexibility index (Phi) is 5.08. The lowest BCUT2D eigenvalue weighted by atomic mass is 9.95. The van der Waals surface area contributed by atoms with Crippen LogP contribution in [-0.4, -0.2) is 50.6 Å². The number of aromatic nitrogens is 3. The van der Waals surface area contributed by atoms with Gasteiger partial charge in [-0.15, -0.1) is 10.2 Å². The first kappa shape index (κ1) is 18.5. The molecule has 1 aromatic heterocycles. The van der Waals surface area contributed by atoms with E-state index in [-0.39, 0.29) is 12.1 Å². The smallest absolute Gasteiger partial charge is 0.338 e. The maximum absolute atomic E-state index is 12.9. The first-order valence-electron chi connectivity index (χ1n) is 9.03. The molecule has 0 radical (unpaired) electrons. The van der Waals surface area contributed by atoms with Crippen molar-refractivity contribution in [3.05, 3.63) is 53.5 Å². The molecule has 4 rings (SSSR count). The van der Waals surface area contributed by atoms with Crippen molar-refractivity contribution in [1.29, 1.82) is 0 Å². The third kappa shape index (κ3) is 3.49. The zero-order valence-electron chi connectivity index (χ0n) is 15.7. The van der Waals surface area contributed by atoms with Crippen LogP contribution >= 0.6 is 11.8 Å². The minimum atomic E-state index is -0.550. The number of nitrogens with zero attached hydrogens (tertiary/aromatic N) is 4. The molecule has 2 heterocycles. The van der Waals surface area contributed by atoms with Gasteiger partial charge in [-0.3, -0.25) is 4.90 Å². The second kappa shape index (κ2) is 7.67. The largest absolute Gasteiger partial charge is 0.466 e. The highest BCUT2D eigenvalue weighted by molar-refractivity contribution is 7.99. The first-order chi connectivity index (χ1) is 13.6. The molecule has 1 atom stereocenters. The molecular formula is C19H21N5O3S. The second-order valence-corrected chi connectivity index (χ2v) is 7.70. The summed E-state index contributed by atoms with van der Waals surface area (Å²) < 4.78 is 6.91. The number of aryl methyl sites for hydroxylation is 1. The Morgan fingerprint density at radius 3 is 2.68 bits per heavy atom. The van der Waals surface area contributed by atoms with Gasteiger partial charge in [-0.2, -0.15) is 0 Å². The summed E-state index contributed by atoms with van der Waals surface area (Å²) in [5.74, 6) is -0.0161. The Balaban J connectivity index is 1.78. The molecule has 0 spiro atoms. The number of carbonyl (C=O) groups excluding carboxylic acids is 2. The molecule has 1 unspecified atom stereocenters. The zero-order chi connectivity index (χ0) is 19.7. The van der Waals surface area contributed by atoms with Gasteiger partial charge in [0.15, 0.2) is 5.16 Å². The van der Waals surface area contributed by atoms with Gasteiger partial charge < -0.3 is 14.6 Å². The number of rotatable bonds is 6. The fourth-order valence-electron chi connectivity index (χ4n) is 3.33. The Morgan fingerprint density at radius 2 is 2.07 bits per heavy atom. The SMILES string of the molecule is COC(=O)C1=C(CSc2nncn2C)N(C2CC2)C(=O)NC1c1ccccc1. The lowest BCUT2D eigenvalue weighted by molar-refractivity contribution is -0.136. The quantitative estimate of drug-likeness (QED) is 0.592. The molecule has 9 heteroatoms. The van der Waals surface area contributed by atoms with Crippen molar-refractivity contribution in [2.24, 2.45) is 7.05 Å². The highest BCUT2D eigenvalue weighted by Crippen LogP contribution is 2.39. The summed E-state index contributed by atoms with van der Waals surface area (Å²) in [7, 11) is 3.22. The van der Waals surface area contributed by atoms with Crippen LogP contribution < -0.4 is 5.32 Å². The fraction of sp³-hybridized carbons (Fsp3) is 0.368. The van der Waals surface area contributed by atoms with Crippen molar-refractivity contribution in [2.45, 2.75) is 30.1 Å². The van der Waals surface area contributed by atoms with E-state index < -0.39 is 12.0 Å². The number of esters is 1. The summed E-state index contributed by atoms with van der Waals surface area (Å²) in [6, 6.07) is 8.85. The molecule has 0 saturated heterocycles. The van der Waals surface area contributed by atoms with E-state index in [1.165, 1.54) is 18.9 Å². The van der Waals surface area contributed by atoms with Crippen LogP contribution in [0.4, 0.5) is 4.79 Å². The molecular weight excluding hydrogens is 378 g/mol. The van der Waals surface area contributed by atoms with Crippen molar-refractivity contribution < 1.29 is 14.3 Å². The van der Waals surface area contributed by atoms with Crippen LogP contribution in [0.3, 0.4) is 0 Å². The summed E-state index contributed by atoms with van der Waals surface area (Å²) in [4.78, 5) is 27.4. The number of ether oxygens (including phenoxy) is 1. The van der Waals surface area contributed by atoms with E-state index in [4.69, 9.17) is 4.74 Å². The fourth-order valence-corrected chi connectivity index (χ4v) is 4.24. The van der Waals surface area contributed by atoms with Gasteiger partial charge in [0.05, 0.1) is 18.7 Å². The molecule has 8 nitrogen and oxygen atoms in total. The minimum absolute atomic E-state index is 0.117. The van der Waals surface area contributed by atoms with Crippen molar-refractivity contribution in [2.75, 3.05) is 12.9 Å². The van der Waals surface area contributed by atoms with Crippen LogP contribution in [0, 0.1) is 0 Å². The number of hydrogen-bond acceptors (Lipinski definition) is 6. The van der Waals surface area contributed by atoms with Crippen LogP contribution in [0.25, 0.3) is 0 Å². The Hall–Kier alpha value is -2.81. The standard InChI is InChI=1S/C19H21N5O3S/c1-23-11-20-22-19(23)28-10-14-15(17(25)27-2)16(12-6-4-3-5-7-12)21-18(26)24(14)13-8-9-13/h3-7,11,13,16H,8-10H2,1-2H3,(H,21,26). The van der Waals surface area contributed by atoms with E-state index in [1.54, 1.807) is 11.2 Å². The highest BCUT2D eigenvalue weighted by atomic mass is 32.2. The van der Waals surface area contributed by atoms with E-state index in [0.717, 1.165) is 23.6 Å². The lowest BCUT2D eigenvalue weighted by Crippen LogP contribution is -2.50. The number of hydrogen-bond donors (Lipinski definition) is 1. The Labute approximate surface area is 166 Å². The van der Waals surface area contributed by atoms with Crippen LogP contribution in [-0.2, 0) is 16.6 Å². The predicted molar refractivity (Wildman–Crippen MR) is 103 cm³/mol. The van der Waals surface area contributed by atoms with Crippen molar-refractivity contribution in [1.82, 2.24) is 25.0 Å². The van der Waals surface area contributed by atoms with Crippen LogP contribution in [0.1, 0.15) is 24.4 Å². The maximum atomic E-state index is 12.9. The molecule has 146 valence electrons. The monoisotopic (exact) mass is 399 g/mol. The van der Waals surface area contributed by atoms with Gasteiger partial charge in [0.2, 0.25) is 0 Å². The topological polar surface area (TPSA) is 89.3 Å². The number of urea groups is 1. The zero-order valence-corrected chi connectivity index (χ0v) is 16.5. The molecule has 0 bridgehead atoms. The molecule has 28 heavy (non-hydrogen) atoms. The van der Waals surface area contributed by atoms with Crippen molar-refractivity contribution >= 4 is 23.8 Å². The number of thioether (sulfide) groups is 1. The second-order valence-electron chi connectivity index (χ2n) is 6.76. The minimum Gasteiger partial charge on any atom is -0.466 e. The molecule has 1 saturated carbocycles. The number of amides is 2. The van der Waals surface area contributed by atoms with E-state index in [9.17, 15) is 9.59 Å². The summed E-state index contributed by atoms with van der Waals surface area (Å²) in [6.45, 7) is 0. The number of methoxy groups -OCH3 is 1. The third-order valence-electron chi connectivity index (χ3n) is 4.84. The molecule has 1 N–H and O–H groups in total. The van der Waals surface area contributed by atoms with Crippen LogP contribution in [0.5, 0.6) is 0 Å². The van der Waals surface area contributed by atoms with E-state index in [1.807, 2.05) is 41.9 Å². The van der Waals surface area contributed by atoms with E-state index >= 15 is 0 Å². The van der Waals surface area contributed by atoms with E-state index in [2.05, 4.69) is 15.5 Å². The van der Waals surface area contributed by atoms with Gasteiger partial charge in [0, 0.05) is 24.5 Å². The Morgan fingerprint density at radius 1 is 1.32 bits per heavy atom. The highest BCUT2D eigenvalue weighted by Gasteiger charge is 2.43. The van der Waals surface area contributed by atoms with Gasteiger partial charge in [0.25, 0.3) is 0 Å². The van der Waals surface area contributed by atoms with Gasteiger partial charge >= 0.3 is 12.0 Å². The first-order valence-corrected chi connectivity index (χ1v) is 10.0. The lowest BCUT2D eigenvalue weighted by Gasteiger charge is -2.36. The van der Waals surface area contributed by atoms with Gasteiger partial charge in [-0.25, -0.2) is 9.59 Å².